The number of anilines is 1. The van der Waals surface area contributed by atoms with E-state index in [4.69, 9.17) is 15.8 Å². The lowest BCUT2D eigenvalue weighted by atomic mass is 9.78. The van der Waals surface area contributed by atoms with Crippen molar-refractivity contribution in [3.63, 3.8) is 0 Å². The molecule has 3 aromatic heterocycles. The van der Waals surface area contributed by atoms with Gasteiger partial charge in [0.15, 0.2) is 5.69 Å². The highest BCUT2D eigenvalue weighted by Gasteiger charge is 2.16. The first-order valence-corrected chi connectivity index (χ1v) is 13.0. The maximum atomic E-state index is 11.9. The van der Waals surface area contributed by atoms with Crippen LogP contribution in [0.1, 0.15) is 31.2 Å². The molecule has 0 atom stereocenters. The van der Waals surface area contributed by atoms with E-state index in [0.717, 1.165) is 5.39 Å². The molecule has 0 aliphatic heterocycles. The molecule has 18 heteroatoms. The second-order valence-electron chi connectivity index (χ2n) is 8.41. The van der Waals surface area contributed by atoms with Crippen molar-refractivity contribution in [1.29, 1.82) is 0 Å². The molecule has 0 spiro atoms. The van der Waals surface area contributed by atoms with Gasteiger partial charge in [0, 0.05) is 39.8 Å². The van der Waals surface area contributed by atoms with Crippen LogP contribution < -0.4 is 16.8 Å². The van der Waals surface area contributed by atoms with Crippen molar-refractivity contribution in [1.82, 2.24) is 24.9 Å². The van der Waals surface area contributed by atoms with Gasteiger partial charge < -0.3 is 35.0 Å². The van der Waals surface area contributed by atoms with Crippen LogP contribution in [0.25, 0.3) is 21.8 Å². The number of carbonyl (C=O) groups excluding carboxylic acids is 3. The molecule has 2 aromatic carbocycles. The first-order valence-electron chi connectivity index (χ1n) is 12.2. The smallest absolute Gasteiger partial charge is 0.465 e. The Morgan fingerprint density at radius 2 is 1.42 bits per heavy atom. The van der Waals surface area contributed by atoms with E-state index in [2.05, 4.69) is 55.1 Å². The minimum atomic E-state index is -1.64. The molecule has 0 aliphatic carbocycles. The van der Waals surface area contributed by atoms with E-state index in [9.17, 15) is 19.2 Å². The van der Waals surface area contributed by atoms with Gasteiger partial charge in [0.1, 0.15) is 18.2 Å². The van der Waals surface area contributed by atoms with Crippen molar-refractivity contribution in [2.75, 3.05) is 27.1 Å². The number of nitrogens with one attached hydrogen (secondary N) is 1. The molecule has 3 heterocycles. The number of rotatable bonds is 4. The predicted molar refractivity (Wildman–Crippen MR) is 169 cm³/mol. The van der Waals surface area contributed by atoms with Gasteiger partial charge in [-0.2, -0.15) is 0 Å². The number of halogens is 2. The number of aromatic amines is 1. The van der Waals surface area contributed by atoms with E-state index in [0.29, 0.717) is 26.5 Å². The van der Waals surface area contributed by atoms with Crippen LogP contribution in [0.4, 0.5) is 5.69 Å². The number of ether oxygens (including phenoxy) is 3. The third-order valence-corrected chi connectivity index (χ3v) is 6.32. The van der Waals surface area contributed by atoms with Crippen LogP contribution in [0.2, 0.25) is 0 Å². The second-order valence-corrected chi connectivity index (χ2v) is 9.27. The van der Waals surface area contributed by atoms with Gasteiger partial charge in [-0.25, -0.2) is 34.3 Å². The molecule has 0 radical (unpaired) electrons. The van der Waals surface area contributed by atoms with Gasteiger partial charge >= 0.3 is 25.0 Å². The summed E-state index contributed by atoms with van der Waals surface area (Å²) in [5, 5.41) is 19.1. The molecule has 0 bridgehead atoms. The number of methoxy groups -OCH3 is 3. The summed E-state index contributed by atoms with van der Waals surface area (Å²) in [4.78, 5) is 63.3. The Kier molecular flexibility index (Phi) is 13.5. The third kappa shape index (κ3) is 9.02. The van der Waals surface area contributed by atoms with Crippen molar-refractivity contribution in [2.24, 2.45) is 0 Å². The van der Waals surface area contributed by atoms with Crippen molar-refractivity contribution in [2.45, 2.75) is 0 Å². The quantitative estimate of drug-likeness (QED) is 0.0683. The Balaban J connectivity index is 0.000000243. The molecule has 5 N–H and O–H groups in total. The van der Waals surface area contributed by atoms with Gasteiger partial charge in [0.25, 0.3) is 5.56 Å². The molecule has 0 saturated heterocycles. The second kappa shape index (κ2) is 16.8. The number of nitrogens with zero attached hydrogens (tertiary/aromatic N) is 4. The molecule has 5 rings (SSSR count). The standard InChI is InChI=1S/C13H9N3O3.C8H10BNO4.C6H5BrN2O2.ClH/c1-19-13(18)7-2-3-8-9-5-14-6-15-11(9)12(17)16-10(8)4-7;1-14-8(11)5-2-3-6(9(12)13)7(10)4-5;1-11-6(10)5-4(7)2-8-3-9-5;/h2-6H,1H3,(H,16,17);2-4,12-13H,10H2,1H3;2-3H,1H3;1H. The number of H-pyrrole nitrogens is 1. The monoisotopic (exact) mass is 702 g/mol. The first-order chi connectivity index (χ1) is 21.0. The highest BCUT2D eigenvalue weighted by Crippen LogP contribution is 2.20. The normalized spacial score (nSPS) is 9.82. The number of hydrogen-bond donors (Lipinski definition) is 4. The van der Waals surface area contributed by atoms with Crippen molar-refractivity contribution < 1.29 is 38.6 Å². The lowest BCUT2D eigenvalue weighted by Crippen LogP contribution is -2.32. The largest absolute Gasteiger partial charge is 0.490 e. The number of fused-ring (bicyclic) bond motifs is 3. The van der Waals surface area contributed by atoms with Crippen LogP contribution in [0.15, 0.2) is 70.7 Å². The van der Waals surface area contributed by atoms with Crippen LogP contribution in [0.5, 0.6) is 0 Å². The van der Waals surface area contributed by atoms with Crippen molar-refractivity contribution in [3.05, 3.63) is 93.1 Å². The molecule has 45 heavy (non-hydrogen) atoms. The number of esters is 3. The SMILES string of the molecule is COC(=O)c1ccc(B(O)O)c(N)c1.COC(=O)c1ccc2c(c1)[nH]c(=O)c1ncncc12.COC(=O)c1ncncc1Br.Cl. The zero-order chi connectivity index (χ0) is 32.4. The van der Waals surface area contributed by atoms with Gasteiger partial charge in [-0.15, -0.1) is 12.4 Å². The molecule has 0 aliphatic rings. The molecule has 5 aromatic rings. The zero-order valence-corrected chi connectivity index (χ0v) is 26.2. The fourth-order valence-electron chi connectivity index (χ4n) is 3.63. The lowest BCUT2D eigenvalue weighted by Gasteiger charge is -2.05. The Morgan fingerprint density at radius 1 is 0.844 bits per heavy atom. The fourth-order valence-corrected chi connectivity index (χ4v) is 4.01. The van der Waals surface area contributed by atoms with E-state index in [-0.39, 0.29) is 40.4 Å². The number of aromatic nitrogens is 5. The maximum Gasteiger partial charge on any atom is 0.490 e. The van der Waals surface area contributed by atoms with Crippen LogP contribution in [-0.4, -0.2) is 81.3 Å². The summed E-state index contributed by atoms with van der Waals surface area (Å²) in [6.07, 6.45) is 5.68. The van der Waals surface area contributed by atoms with Gasteiger partial charge in [0.2, 0.25) is 0 Å². The Morgan fingerprint density at radius 3 is 2.00 bits per heavy atom. The van der Waals surface area contributed by atoms with E-state index >= 15 is 0 Å². The molecule has 0 unspecified atom stereocenters. The number of nitrogens with two attached hydrogens (primary N) is 1. The number of carbonyl (C=O) groups is 3. The highest BCUT2D eigenvalue weighted by atomic mass is 79.9. The molecule has 0 saturated carbocycles. The van der Waals surface area contributed by atoms with Crippen molar-refractivity contribution in [3.8, 4) is 0 Å². The summed E-state index contributed by atoms with van der Waals surface area (Å²) in [5.41, 5.74) is 7.25. The molecule has 0 fully saturated rings. The Bertz CT molecular complexity index is 1890. The fraction of sp³-hybridized carbons (Fsp3) is 0.111. The molecule has 234 valence electrons. The van der Waals surface area contributed by atoms with E-state index in [1.54, 1.807) is 24.4 Å². The van der Waals surface area contributed by atoms with Crippen LogP contribution in [0.3, 0.4) is 0 Å². The molecule has 15 nitrogen and oxygen atoms in total. The Hall–Kier alpha value is -4.97. The summed E-state index contributed by atoms with van der Waals surface area (Å²) in [6.45, 7) is 0. The number of hydrogen-bond acceptors (Lipinski definition) is 14. The van der Waals surface area contributed by atoms with Crippen LogP contribution in [0, 0.1) is 0 Å². The van der Waals surface area contributed by atoms with Gasteiger partial charge in [0.05, 0.1) is 36.9 Å². The molecule has 0 amide bonds. The van der Waals surface area contributed by atoms with Crippen LogP contribution >= 0.6 is 28.3 Å². The van der Waals surface area contributed by atoms with E-state index in [1.807, 2.05) is 0 Å². The highest BCUT2D eigenvalue weighted by molar-refractivity contribution is 9.10. The minimum absolute atomic E-state index is 0. The summed E-state index contributed by atoms with van der Waals surface area (Å²) in [7, 11) is 2.23. The summed E-state index contributed by atoms with van der Waals surface area (Å²) >= 11 is 3.11. The van der Waals surface area contributed by atoms with E-state index < -0.39 is 25.0 Å². The van der Waals surface area contributed by atoms with E-state index in [1.165, 1.54) is 58.4 Å². The minimum Gasteiger partial charge on any atom is -0.465 e. The summed E-state index contributed by atoms with van der Waals surface area (Å²) in [5.74, 6) is -1.44. The summed E-state index contributed by atoms with van der Waals surface area (Å²) in [6, 6.07) is 9.07. The summed E-state index contributed by atoms with van der Waals surface area (Å²) < 4.78 is 14.1. The third-order valence-electron chi connectivity index (χ3n) is 5.74. The number of pyridine rings is 1. The van der Waals surface area contributed by atoms with Gasteiger partial charge in [-0.05, 0) is 40.2 Å². The maximum absolute atomic E-state index is 11.9. The van der Waals surface area contributed by atoms with Gasteiger partial charge in [-0.3, -0.25) is 4.79 Å². The topological polar surface area (TPSA) is 230 Å². The average molecular weight is 704 g/mol. The Labute approximate surface area is 269 Å². The van der Waals surface area contributed by atoms with Crippen molar-refractivity contribution >= 4 is 86.3 Å². The number of nitrogen functional groups attached to an aromatic ring is 1. The van der Waals surface area contributed by atoms with Crippen LogP contribution in [-0.2, 0) is 14.2 Å². The predicted octanol–water partition coefficient (Wildman–Crippen LogP) is 1.44. The lowest BCUT2D eigenvalue weighted by molar-refractivity contribution is 0.0586. The number of benzene rings is 2. The molecular formula is C27H25BBrClN6O9. The average Bonchev–Trinajstić information content (AvgIpc) is 3.04. The zero-order valence-electron chi connectivity index (χ0n) is 23.8. The molecular weight excluding hydrogens is 678 g/mol. The van der Waals surface area contributed by atoms with Gasteiger partial charge in [-0.1, -0.05) is 12.1 Å². The first kappa shape index (κ1) is 36.2.